The van der Waals surface area contributed by atoms with Gasteiger partial charge in [-0.2, -0.15) is 0 Å². The number of aromatic nitrogens is 1. The molecule has 0 unspecified atom stereocenters. The van der Waals surface area contributed by atoms with E-state index in [1.54, 1.807) is 18.4 Å². The van der Waals surface area contributed by atoms with Crippen LogP contribution in [-0.2, 0) is 17.1 Å². The van der Waals surface area contributed by atoms with Gasteiger partial charge in [0.2, 0.25) is 0 Å². The van der Waals surface area contributed by atoms with Gasteiger partial charge in [0.15, 0.2) is 0 Å². The van der Waals surface area contributed by atoms with Crippen LogP contribution in [0.2, 0.25) is 0 Å². The summed E-state index contributed by atoms with van der Waals surface area (Å²) >= 11 is 1.67. The van der Waals surface area contributed by atoms with Crippen molar-refractivity contribution in [2.24, 2.45) is 0 Å². The fourth-order valence-corrected chi connectivity index (χ4v) is 2.75. The molecule has 0 atom stereocenters. The third kappa shape index (κ3) is 2.73. The van der Waals surface area contributed by atoms with Crippen LogP contribution < -0.4 is 10.5 Å². The minimum atomic E-state index is 0. The predicted molar refractivity (Wildman–Crippen MR) is 76.0 cm³/mol. The largest absolute Gasteiger partial charge is 0.497 e. The van der Waals surface area contributed by atoms with Crippen LogP contribution in [0, 0.1) is 0 Å². The van der Waals surface area contributed by atoms with Crippen molar-refractivity contribution in [2.45, 2.75) is 0 Å². The van der Waals surface area contributed by atoms with E-state index in [1.807, 2.05) is 42.5 Å². The van der Waals surface area contributed by atoms with Crippen LogP contribution in [0.1, 0.15) is 0 Å². The molecule has 19 heavy (non-hydrogen) atoms. The molecule has 0 saturated carbocycles. The number of ether oxygens (including phenoxy) is 1. The molecule has 0 aliphatic heterocycles. The van der Waals surface area contributed by atoms with E-state index in [0.29, 0.717) is 0 Å². The van der Waals surface area contributed by atoms with Gasteiger partial charge in [0.05, 0.1) is 17.3 Å². The van der Waals surface area contributed by atoms with Gasteiger partial charge >= 0.3 is 0 Å². The summed E-state index contributed by atoms with van der Waals surface area (Å²) in [6, 6.07) is 13.7. The molecule has 0 fully saturated rings. The molecule has 2 N–H and O–H groups in total. The van der Waals surface area contributed by atoms with Crippen molar-refractivity contribution in [3.63, 3.8) is 0 Å². The summed E-state index contributed by atoms with van der Waals surface area (Å²) in [7, 11) is 1.66. The summed E-state index contributed by atoms with van der Waals surface area (Å²) in [5.74, 6) is 0.851. The normalized spacial score (nSPS) is 10.2. The van der Waals surface area contributed by atoms with E-state index in [4.69, 9.17) is 10.5 Å². The number of benzene rings is 2. The van der Waals surface area contributed by atoms with E-state index in [1.165, 1.54) is 0 Å². The summed E-state index contributed by atoms with van der Waals surface area (Å²) in [5, 5.41) is 0.998. The van der Waals surface area contributed by atoms with Crippen LogP contribution >= 0.6 is 11.3 Å². The SMILES string of the molecule is COc1ccc(-c2nc3cc(N)ccc3s2)cc1.[Fe]. The summed E-state index contributed by atoms with van der Waals surface area (Å²) in [4.78, 5) is 4.60. The zero-order chi connectivity index (χ0) is 12.5. The first-order valence-corrected chi connectivity index (χ1v) is 6.38. The Morgan fingerprint density at radius 1 is 1.11 bits per heavy atom. The number of nitrogens with zero attached hydrogens (tertiary/aromatic N) is 1. The number of methoxy groups -OCH3 is 1. The molecular formula is C14H12FeN2OS. The molecule has 0 radical (unpaired) electrons. The molecule has 1 heterocycles. The number of rotatable bonds is 2. The summed E-state index contributed by atoms with van der Waals surface area (Å²) in [6.45, 7) is 0. The Kier molecular flexibility index (Phi) is 4.10. The fourth-order valence-electron chi connectivity index (χ4n) is 1.80. The first-order valence-electron chi connectivity index (χ1n) is 5.57. The Morgan fingerprint density at radius 2 is 1.84 bits per heavy atom. The van der Waals surface area contributed by atoms with Crippen molar-refractivity contribution in [3.05, 3.63) is 42.5 Å². The van der Waals surface area contributed by atoms with Gasteiger partial charge in [-0.05, 0) is 42.5 Å². The number of fused-ring (bicyclic) bond motifs is 1. The predicted octanol–water partition coefficient (Wildman–Crippen LogP) is 3.55. The van der Waals surface area contributed by atoms with E-state index in [0.717, 1.165) is 32.2 Å². The van der Waals surface area contributed by atoms with E-state index < -0.39 is 0 Å². The van der Waals surface area contributed by atoms with E-state index in [-0.39, 0.29) is 17.1 Å². The molecular weight excluding hydrogens is 300 g/mol. The second kappa shape index (κ2) is 5.61. The molecule has 3 aromatic rings. The third-order valence-electron chi connectivity index (χ3n) is 2.75. The van der Waals surface area contributed by atoms with Crippen molar-refractivity contribution in [3.8, 4) is 16.3 Å². The molecule has 0 saturated heterocycles. The van der Waals surface area contributed by atoms with Gasteiger partial charge in [-0.1, -0.05) is 0 Å². The molecule has 98 valence electrons. The minimum absolute atomic E-state index is 0. The van der Waals surface area contributed by atoms with Gasteiger partial charge in [-0.15, -0.1) is 11.3 Å². The topological polar surface area (TPSA) is 48.1 Å². The summed E-state index contributed by atoms with van der Waals surface area (Å²) in [6.07, 6.45) is 0. The molecule has 0 aliphatic carbocycles. The molecule has 0 spiro atoms. The Bertz CT molecular complexity index is 694. The second-order valence-electron chi connectivity index (χ2n) is 3.97. The van der Waals surface area contributed by atoms with Crippen LogP contribution in [0.25, 0.3) is 20.8 Å². The maximum Gasteiger partial charge on any atom is 0.124 e. The quantitative estimate of drug-likeness (QED) is 0.581. The van der Waals surface area contributed by atoms with Gasteiger partial charge < -0.3 is 10.5 Å². The average molecular weight is 312 g/mol. The van der Waals surface area contributed by atoms with E-state index >= 15 is 0 Å². The van der Waals surface area contributed by atoms with Crippen LogP contribution in [0.3, 0.4) is 0 Å². The third-order valence-corrected chi connectivity index (χ3v) is 3.83. The molecule has 1 aromatic heterocycles. The van der Waals surface area contributed by atoms with Gasteiger partial charge in [0, 0.05) is 28.3 Å². The second-order valence-corrected chi connectivity index (χ2v) is 5.01. The van der Waals surface area contributed by atoms with E-state index in [9.17, 15) is 0 Å². The molecule has 3 rings (SSSR count). The van der Waals surface area contributed by atoms with Crippen LogP contribution in [-0.4, -0.2) is 12.1 Å². The number of anilines is 1. The first-order chi connectivity index (χ1) is 8.76. The van der Waals surface area contributed by atoms with Gasteiger partial charge in [-0.25, -0.2) is 4.98 Å². The summed E-state index contributed by atoms with van der Waals surface area (Å²) < 4.78 is 6.29. The number of nitrogen functional groups attached to an aromatic ring is 1. The first kappa shape index (κ1) is 13.9. The van der Waals surface area contributed by atoms with Crippen molar-refractivity contribution >= 4 is 27.2 Å². The molecule has 0 amide bonds. The maximum atomic E-state index is 5.76. The standard InChI is InChI=1S/C14H12N2OS.Fe/c1-17-11-5-2-9(3-6-11)14-16-12-8-10(15)4-7-13(12)18-14;/h2-8H,15H2,1H3;. The Balaban J connectivity index is 0.00000133. The Morgan fingerprint density at radius 3 is 2.53 bits per heavy atom. The zero-order valence-electron chi connectivity index (χ0n) is 10.2. The fraction of sp³-hybridized carbons (Fsp3) is 0.0714. The number of thiazole rings is 1. The molecule has 0 bridgehead atoms. The van der Waals surface area contributed by atoms with Gasteiger partial charge in [0.1, 0.15) is 10.8 Å². The Hall–Kier alpha value is -1.55. The van der Waals surface area contributed by atoms with Crippen molar-refractivity contribution in [1.82, 2.24) is 4.98 Å². The Labute approximate surface area is 125 Å². The van der Waals surface area contributed by atoms with Crippen LogP contribution in [0.15, 0.2) is 42.5 Å². The average Bonchev–Trinajstić information content (AvgIpc) is 2.81. The maximum absolute atomic E-state index is 5.76. The van der Waals surface area contributed by atoms with Crippen LogP contribution in [0.5, 0.6) is 5.75 Å². The summed E-state index contributed by atoms with van der Waals surface area (Å²) in [5.41, 5.74) is 8.55. The molecule has 0 aliphatic rings. The number of hydrogen-bond acceptors (Lipinski definition) is 4. The monoisotopic (exact) mass is 312 g/mol. The zero-order valence-corrected chi connectivity index (χ0v) is 12.2. The molecule has 3 nitrogen and oxygen atoms in total. The van der Waals surface area contributed by atoms with Crippen molar-refractivity contribution < 1.29 is 21.8 Å². The minimum Gasteiger partial charge on any atom is -0.497 e. The van der Waals surface area contributed by atoms with E-state index in [2.05, 4.69) is 4.98 Å². The van der Waals surface area contributed by atoms with Crippen molar-refractivity contribution in [1.29, 1.82) is 0 Å². The van der Waals surface area contributed by atoms with Crippen molar-refractivity contribution in [2.75, 3.05) is 12.8 Å². The van der Waals surface area contributed by atoms with Crippen LogP contribution in [0.4, 0.5) is 5.69 Å². The number of hydrogen-bond donors (Lipinski definition) is 1. The number of nitrogens with two attached hydrogens (primary N) is 1. The smallest absolute Gasteiger partial charge is 0.124 e. The molecule has 5 heteroatoms. The van der Waals surface area contributed by atoms with Gasteiger partial charge in [-0.3, -0.25) is 0 Å². The molecule has 2 aromatic carbocycles. The van der Waals surface area contributed by atoms with Gasteiger partial charge in [0.25, 0.3) is 0 Å².